The molecule has 1 atom stereocenters. The van der Waals surface area contributed by atoms with E-state index in [1.54, 1.807) is 10.9 Å². The highest BCUT2D eigenvalue weighted by Crippen LogP contribution is 2.36. The maximum atomic E-state index is 14.0. The molecule has 0 saturated carbocycles. The van der Waals surface area contributed by atoms with Crippen LogP contribution in [0.15, 0.2) is 66.0 Å². The van der Waals surface area contributed by atoms with Crippen LogP contribution in [0.3, 0.4) is 0 Å². The molecule has 39 heavy (non-hydrogen) atoms. The molecule has 5 rings (SSSR count). The minimum absolute atomic E-state index is 0.0258. The van der Waals surface area contributed by atoms with Gasteiger partial charge in [-0.1, -0.05) is 53.4 Å². The number of benzene rings is 1. The van der Waals surface area contributed by atoms with Crippen LogP contribution in [-0.4, -0.2) is 74.0 Å². The van der Waals surface area contributed by atoms with Crippen molar-refractivity contribution in [2.24, 2.45) is 5.41 Å². The Kier molecular flexibility index (Phi) is 8.55. The lowest BCUT2D eigenvalue weighted by molar-refractivity contribution is -0.141. The zero-order chi connectivity index (χ0) is 27.1. The summed E-state index contributed by atoms with van der Waals surface area (Å²) >= 11 is 1.41. The average molecular weight is 548 g/mol. The SMILES string of the molecule is O=C1NCCCn2cc(nn2)CC2(CCN(C(=O)CSc3ccccn3)CC2)C(=O)N[C@H]1Cc1ccccc1. The molecule has 2 aliphatic heterocycles. The van der Waals surface area contributed by atoms with Gasteiger partial charge in [0.05, 0.1) is 21.9 Å². The van der Waals surface area contributed by atoms with Crippen molar-refractivity contribution in [3.63, 3.8) is 0 Å². The second-order valence-electron chi connectivity index (χ2n) is 10.1. The standard InChI is InChI=1S/C28H33N7O3S/c36-25(20-39-24-9-4-5-12-29-24)34-15-10-28(11-16-34)18-22-19-35(33-32-22)14-6-13-30-26(37)23(31-27(28)38)17-21-7-2-1-3-8-21/h1-5,7-9,12,19,23H,6,10-11,13-18,20H2,(H,30,37)(H,31,38)/t23-/m0/s1. The molecule has 2 aromatic heterocycles. The highest BCUT2D eigenvalue weighted by atomic mass is 32.2. The smallest absolute Gasteiger partial charge is 0.242 e. The van der Waals surface area contributed by atoms with E-state index in [-0.39, 0.29) is 17.7 Å². The van der Waals surface area contributed by atoms with Gasteiger partial charge in [0.25, 0.3) is 0 Å². The molecule has 1 spiro atoms. The van der Waals surface area contributed by atoms with Crippen molar-refractivity contribution in [1.82, 2.24) is 35.5 Å². The number of hydrogen-bond donors (Lipinski definition) is 2. The first-order valence-corrected chi connectivity index (χ1v) is 14.3. The molecule has 3 aromatic rings. The van der Waals surface area contributed by atoms with Gasteiger partial charge in [-0.15, -0.1) is 5.10 Å². The minimum Gasteiger partial charge on any atom is -0.354 e. The monoisotopic (exact) mass is 547 g/mol. The van der Waals surface area contributed by atoms with E-state index >= 15 is 0 Å². The molecule has 1 saturated heterocycles. The molecule has 10 nitrogen and oxygen atoms in total. The number of piperidine rings is 1. The van der Waals surface area contributed by atoms with Crippen LogP contribution >= 0.6 is 11.8 Å². The number of nitrogens with zero attached hydrogens (tertiary/aromatic N) is 5. The summed E-state index contributed by atoms with van der Waals surface area (Å²) in [5.41, 5.74) is 0.923. The van der Waals surface area contributed by atoms with E-state index in [4.69, 9.17) is 0 Å². The molecule has 2 aliphatic rings. The molecule has 1 aromatic carbocycles. The lowest BCUT2D eigenvalue weighted by Crippen LogP contribution is -2.56. The number of carbonyl (C=O) groups is 3. The zero-order valence-electron chi connectivity index (χ0n) is 21.8. The summed E-state index contributed by atoms with van der Waals surface area (Å²) in [6.45, 7) is 2.02. The number of carbonyl (C=O) groups excluding carboxylic acids is 3. The van der Waals surface area contributed by atoms with E-state index in [9.17, 15) is 14.4 Å². The number of pyridine rings is 1. The molecular formula is C28H33N7O3S. The summed E-state index contributed by atoms with van der Waals surface area (Å²) in [6.07, 6.45) is 6.07. The predicted molar refractivity (Wildman–Crippen MR) is 147 cm³/mol. The van der Waals surface area contributed by atoms with Gasteiger partial charge in [-0.3, -0.25) is 19.1 Å². The lowest BCUT2D eigenvalue weighted by Gasteiger charge is -2.41. The Morgan fingerprint density at radius 2 is 1.85 bits per heavy atom. The van der Waals surface area contributed by atoms with Gasteiger partial charge in [-0.25, -0.2) is 4.98 Å². The van der Waals surface area contributed by atoms with Crippen LogP contribution in [0.5, 0.6) is 0 Å². The fourth-order valence-electron chi connectivity index (χ4n) is 5.15. The number of hydrogen-bond acceptors (Lipinski definition) is 7. The third-order valence-electron chi connectivity index (χ3n) is 7.41. The van der Waals surface area contributed by atoms with Crippen LogP contribution < -0.4 is 10.6 Å². The van der Waals surface area contributed by atoms with E-state index in [1.165, 1.54) is 11.8 Å². The van der Waals surface area contributed by atoms with Crippen LogP contribution in [0.2, 0.25) is 0 Å². The van der Waals surface area contributed by atoms with Gasteiger partial charge in [0.1, 0.15) is 6.04 Å². The Morgan fingerprint density at radius 1 is 1.05 bits per heavy atom. The molecular weight excluding hydrogens is 514 g/mol. The topological polar surface area (TPSA) is 122 Å². The fourth-order valence-corrected chi connectivity index (χ4v) is 5.91. The highest BCUT2D eigenvalue weighted by molar-refractivity contribution is 7.99. The number of nitrogens with one attached hydrogen (secondary N) is 2. The highest BCUT2D eigenvalue weighted by Gasteiger charge is 2.44. The summed E-state index contributed by atoms with van der Waals surface area (Å²) in [6, 6.07) is 14.6. The van der Waals surface area contributed by atoms with Crippen LogP contribution in [0.1, 0.15) is 30.5 Å². The number of rotatable bonds is 5. The summed E-state index contributed by atoms with van der Waals surface area (Å²) in [5.74, 6) is -0.0523. The first-order chi connectivity index (χ1) is 19.0. The molecule has 11 heteroatoms. The second kappa shape index (κ2) is 12.4. The third kappa shape index (κ3) is 6.83. The molecule has 2 N–H and O–H groups in total. The van der Waals surface area contributed by atoms with Crippen molar-refractivity contribution in [3.8, 4) is 0 Å². The molecule has 0 aliphatic carbocycles. The van der Waals surface area contributed by atoms with E-state index in [0.717, 1.165) is 16.3 Å². The van der Waals surface area contributed by atoms with Gasteiger partial charge in [-0.05, 0) is 37.0 Å². The van der Waals surface area contributed by atoms with Crippen molar-refractivity contribution >= 4 is 29.5 Å². The first-order valence-electron chi connectivity index (χ1n) is 13.3. The van der Waals surface area contributed by atoms with Crippen LogP contribution in [0.25, 0.3) is 0 Å². The Bertz CT molecular complexity index is 1280. The molecule has 1 fully saturated rings. The van der Waals surface area contributed by atoms with Crippen molar-refractivity contribution < 1.29 is 14.4 Å². The third-order valence-corrected chi connectivity index (χ3v) is 8.34. The molecule has 4 heterocycles. The quantitative estimate of drug-likeness (QED) is 0.468. The van der Waals surface area contributed by atoms with Gasteiger partial charge in [0.15, 0.2) is 0 Å². The van der Waals surface area contributed by atoms with E-state index in [1.807, 2.05) is 59.6 Å². The van der Waals surface area contributed by atoms with Crippen molar-refractivity contribution in [1.29, 1.82) is 0 Å². The lowest BCUT2D eigenvalue weighted by atomic mass is 9.73. The molecule has 0 radical (unpaired) electrons. The summed E-state index contributed by atoms with van der Waals surface area (Å²) in [5, 5.41) is 15.4. The normalized spacial score (nSPS) is 19.8. The van der Waals surface area contributed by atoms with E-state index < -0.39 is 11.5 Å². The number of fused-ring (bicyclic) bond motifs is 2. The number of thioether (sulfide) groups is 1. The van der Waals surface area contributed by atoms with E-state index in [2.05, 4.69) is 25.9 Å². The maximum Gasteiger partial charge on any atom is 0.242 e. The Morgan fingerprint density at radius 3 is 2.62 bits per heavy atom. The molecule has 204 valence electrons. The molecule has 3 amide bonds. The van der Waals surface area contributed by atoms with Crippen molar-refractivity contribution in [2.75, 3.05) is 25.4 Å². The van der Waals surface area contributed by atoms with Crippen molar-refractivity contribution in [2.45, 2.75) is 49.7 Å². The van der Waals surface area contributed by atoms with Gasteiger partial charge < -0.3 is 15.5 Å². The van der Waals surface area contributed by atoms with Crippen LogP contribution in [0, 0.1) is 5.41 Å². The zero-order valence-corrected chi connectivity index (χ0v) is 22.6. The predicted octanol–water partition coefficient (Wildman–Crippen LogP) is 1.86. The number of likely N-dealkylation sites (tertiary alicyclic amines) is 1. The largest absolute Gasteiger partial charge is 0.354 e. The van der Waals surface area contributed by atoms with Crippen LogP contribution in [-0.2, 0) is 33.8 Å². The Balaban J connectivity index is 1.32. The van der Waals surface area contributed by atoms with Gasteiger partial charge in [0.2, 0.25) is 17.7 Å². The van der Waals surface area contributed by atoms with Crippen molar-refractivity contribution in [3.05, 3.63) is 72.2 Å². The maximum absolute atomic E-state index is 14.0. The van der Waals surface area contributed by atoms with Gasteiger partial charge in [0, 0.05) is 51.4 Å². The minimum atomic E-state index is -0.797. The summed E-state index contributed by atoms with van der Waals surface area (Å²) in [7, 11) is 0. The molecule has 0 unspecified atom stereocenters. The first kappa shape index (κ1) is 26.9. The Hall–Kier alpha value is -3.73. The number of aryl methyl sites for hydroxylation is 1. The summed E-state index contributed by atoms with van der Waals surface area (Å²) in [4.78, 5) is 46.2. The molecule has 2 bridgehead atoms. The van der Waals surface area contributed by atoms with Gasteiger partial charge >= 0.3 is 0 Å². The average Bonchev–Trinajstić information content (AvgIpc) is 3.41. The number of aromatic nitrogens is 4. The number of amides is 3. The van der Waals surface area contributed by atoms with Gasteiger partial charge in [-0.2, -0.15) is 0 Å². The van der Waals surface area contributed by atoms with Crippen LogP contribution in [0.4, 0.5) is 0 Å². The van der Waals surface area contributed by atoms with E-state index in [0.29, 0.717) is 64.0 Å². The summed E-state index contributed by atoms with van der Waals surface area (Å²) < 4.78 is 1.76. The fraction of sp³-hybridized carbons (Fsp3) is 0.429. The Labute approximate surface area is 231 Å². The second-order valence-corrected chi connectivity index (χ2v) is 11.1.